The number of ether oxygens (including phenoxy) is 1. The lowest BCUT2D eigenvalue weighted by molar-refractivity contribution is -0.142. The minimum Gasteiger partial charge on any atom is -0.465 e. The molecule has 0 radical (unpaired) electrons. The zero-order chi connectivity index (χ0) is 17.6. The van der Waals surface area contributed by atoms with Crippen molar-refractivity contribution >= 4 is 17.7 Å². The summed E-state index contributed by atoms with van der Waals surface area (Å²) >= 11 is 1.19. The fourth-order valence-corrected chi connectivity index (χ4v) is 3.14. The number of benzene rings is 2. The third-order valence-corrected chi connectivity index (χ3v) is 4.59. The van der Waals surface area contributed by atoms with Gasteiger partial charge in [0.05, 0.1) is 6.61 Å². The van der Waals surface area contributed by atoms with Crippen LogP contribution in [0.25, 0.3) is 11.5 Å². The number of carbonyl (C=O) groups excluding carboxylic acids is 1. The van der Waals surface area contributed by atoms with Crippen molar-refractivity contribution in [3.8, 4) is 11.5 Å². The van der Waals surface area contributed by atoms with Gasteiger partial charge >= 0.3 is 5.97 Å². The molecule has 0 aliphatic carbocycles. The van der Waals surface area contributed by atoms with Gasteiger partial charge in [-0.1, -0.05) is 48.0 Å². The fraction of sp³-hybridized carbons (Fsp3) is 0.211. The summed E-state index contributed by atoms with van der Waals surface area (Å²) in [4.78, 5) is 12.3. The summed E-state index contributed by atoms with van der Waals surface area (Å²) in [6.45, 7) is 4.12. The Morgan fingerprint density at radius 3 is 2.52 bits per heavy atom. The van der Waals surface area contributed by atoms with E-state index >= 15 is 0 Å². The Bertz CT molecular complexity index is 831. The Morgan fingerprint density at radius 2 is 1.84 bits per heavy atom. The van der Waals surface area contributed by atoms with E-state index in [1.807, 2.05) is 61.5 Å². The van der Waals surface area contributed by atoms with Crippen molar-refractivity contribution in [2.75, 3.05) is 6.61 Å². The van der Waals surface area contributed by atoms with Gasteiger partial charge < -0.3 is 9.15 Å². The Labute approximate surface area is 150 Å². The van der Waals surface area contributed by atoms with Crippen LogP contribution in [0.2, 0.25) is 0 Å². The number of aryl methyl sites for hydroxylation is 1. The molecular weight excluding hydrogens is 336 g/mol. The maximum atomic E-state index is 12.3. The first-order chi connectivity index (χ1) is 12.2. The molecule has 0 aliphatic rings. The van der Waals surface area contributed by atoms with Crippen LogP contribution >= 0.6 is 11.8 Å². The molecule has 1 unspecified atom stereocenters. The van der Waals surface area contributed by atoms with Crippen molar-refractivity contribution in [1.29, 1.82) is 0 Å². The van der Waals surface area contributed by atoms with Gasteiger partial charge in [0.25, 0.3) is 5.22 Å². The molecular formula is C19H18N2O3S. The minimum atomic E-state index is -0.549. The average Bonchev–Trinajstić information content (AvgIpc) is 3.10. The number of esters is 1. The fourth-order valence-electron chi connectivity index (χ4n) is 2.27. The number of thioether (sulfide) groups is 1. The summed E-state index contributed by atoms with van der Waals surface area (Å²) in [6.07, 6.45) is 0. The summed E-state index contributed by atoms with van der Waals surface area (Å²) in [7, 11) is 0. The molecule has 0 amide bonds. The highest BCUT2D eigenvalue weighted by Crippen LogP contribution is 2.36. The monoisotopic (exact) mass is 354 g/mol. The van der Waals surface area contributed by atoms with E-state index in [1.165, 1.54) is 11.8 Å². The van der Waals surface area contributed by atoms with Crippen LogP contribution in [-0.2, 0) is 9.53 Å². The molecule has 0 saturated heterocycles. The van der Waals surface area contributed by atoms with E-state index in [9.17, 15) is 4.79 Å². The normalized spacial score (nSPS) is 11.9. The van der Waals surface area contributed by atoms with E-state index in [0.717, 1.165) is 16.7 Å². The Kier molecular flexibility index (Phi) is 5.50. The predicted octanol–water partition coefficient (Wildman–Crippen LogP) is 4.44. The number of nitrogens with zero attached hydrogens (tertiary/aromatic N) is 2. The van der Waals surface area contributed by atoms with Gasteiger partial charge in [-0.15, -0.1) is 10.2 Å². The number of hydrogen-bond donors (Lipinski definition) is 0. The summed E-state index contributed by atoms with van der Waals surface area (Å²) in [6, 6.07) is 17.3. The molecule has 128 valence electrons. The molecule has 3 rings (SSSR count). The number of aromatic nitrogens is 2. The van der Waals surface area contributed by atoms with Crippen LogP contribution in [0.1, 0.15) is 23.3 Å². The zero-order valence-electron chi connectivity index (χ0n) is 14.0. The average molecular weight is 354 g/mol. The highest BCUT2D eigenvalue weighted by molar-refractivity contribution is 8.00. The molecule has 0 aliphatic heterocycles. The van der Waals surface area contributed by atoms with Crippen molar-refractivity contribution < 1.29 is 13.9 Å². The summed E-state index contributed by atoms with van der Waals surface area (Å²) in [5.41, 5.74) is 2.84. The number of hydrogen-bond acceptors (Lipinski definition) is 6. The molecule has 6 heteroatoms. The van der Waals surface area contributed by atoms with Crippen molar-refractivity contribution in [2.24, 2.45) is 0 Å². The van der Waals surface area contributed by atoms with Crippen LogP contribution < -0.4 is 0 Å². The molecule has 2 aromatic carbocycles. The van der Waals surface area contributed by atoms with Crippen LogP contribution in [0, 0.1) is 6.92 Å². The molecule has 0 bridgehead atoms. The van der Waals surface area contributed by atoms with E-state index < -0.39 is 5.25 Å². The highest BCUT2D eigenvalue weighted by Gasteiger charge is 2.26. The maximum Gasteiger partial charge on any atom is 0.324 e. The number of rotatable bonds is 6. The quantitative estimate of drug-likeness (QED) is 0.481. The van der Waals surface area contributed by atoms with E-state index in [4.69, 9.17) is 9.15 Å². The third kappa shape index (κ3) is 4.28. The van der Waals surface area contributed by atoms with Gasteiger partial charge in [-0.3, -0.25) is 4.79 Å². The standard InChI is InChI=1S/C19H18N2O3S/c1-3-23-18(22)16(14-7-5-4-6-8-14)25-19-21-20-17(24-19)15-11-9-13(2)10-12-15/h4-12,16H,3H2,1-2H3. The summed E-state index contributed by atoms with van der Waals surface area (Å²) in [5, 5.41) is 7.92. The minimum absolute atomic E-state index is 0.321. The second-order valence-corrected chi connectivity index (χ2v) is 6.46. The first-order valence-electron chi connectivity index (χ1n) is 7.96. The van der Waals surface area contributed by atoms with Gasteiger partial charge in [-0.2, -0.15) is 0 Å². The number of carbonyl (C=O) groups is 1. The first-order valence-corrected chi connectivity index (χ1v) is 8.84. The lowest BCUT2D eigenvalue weighted by Crippen LogP contribution is -2.13. The van der Waals surface area contributed by atoms with E-state index in [-0.39, 0.29) is 5.97 Å². The van der Waals surface area contributed by atoms with Gasteiger partial charge in [0.15, 0.2) is 0 Å². The Hall–Kier alpha value is -2.60. The van der Waals surface area contributed by atoms with E-state index in [0.29, 0.717) is 17.7 Å². The summed E-state index contributed by atoms with van der Waals surface area (Å²) < 4.78 is 10.9. The van der Waals surface area contributed by atoms with Gasteiger partial charge in [0, 0.05) is 5.56 Å². The molecule has 0 spiro atoms. The molecule has 25 heavy (non-hydrogen) atoms. The Balaban J connectivity index is 1.82. The van der Waals surface area contributed by atoms with Crippen molar-refractivity contribution in [3.63, 3.8) is 0 Å². The maximum absolute atomic E-state index is 12.3. The SMILES string of the molecule is CCOC(=O)C(Sc1nnc(-c2ccc(C)cc2)o1)c1ccccc1. The van der Waals surface area contributed by atoms with Crippen LogP contribution in [0.4, 0.5) is 0 Å². The Morgan fingerprint density at radius 1 is 1.12 bits per heavy atom. The van der Waals surface area contributed by atoms with E-state index in [1.54, 1.807) is 6.92 Å². The van der Waals surface area contributed by atoms with Crippen LogP contribution in [-0.4, -0.2) is 22.8 Å². The molecule has 0 saturated carbocycles. The largest absolute Gasteiger partial charge is 0.465 e. The third-order valence-electron chi connectivity index (χ3n) is 3.53. The lowest BCUT2D eigenvalue weighted by Gasteiger charge is -2.13. The second-order valence-electron chi connectivity index (χ2n) is 5.40. The molecule has 0 fully saturated rings. The molecule has 5 nitrogen and oxygen atoms in total. The molecule has 1 heterocycles. The van der Waals surface area contributed by atoms with Crippen LogP contribution in [0.15, 0.2) is 64.2 Å². The van der Waals surface area contributed by atoms with E-state index in [2.05, 4.69) is 10.2 Å². The smallest absolute Gasteiger partial charge is 0.324 e. The topological polar surface area (TPSA) is 65.2 Å². The van der Waals surface area contributed by atoms with Crippen molar-refractivity contribution in [2.45, 2.75) is 24.3 Å². The second kappa shape index (κ2) is 7.98. The highest BCUT2D eigenvalue weighted by atomic mass is 32.2. The lowest BCUT2D eigenvalue weighted by atomic mass is 10.1. The van der Waals surface area contributed by atoms with Gasteiger partial charge in [0.1, 0.15) is 5.25 Å². The van der Waals surface area contributed by atoms with Gasteiger partial charge in [0.2, 0.25) is 5.89 Å². The van der Waals surface area contributed by atoms with Crippen molar-refractivity contribution in [1.82, 2.24) is 10.2 Å². The molecule has 1 atom stereocenters. The summed E-state index contributed by atoms with van der Waals surface area (Å²) in [5.74, 6) is 0.104. The molecule has 0 N–H and O–H groups in total. The van der Waals surface area contributed by atoms with Crippen LogP contribution in [0.5, 0.6) is 0 Å². The molecule has 3 aromatic rings. The first kappa shape index (κ1) is 17.2. The van der Waals surface area contributed by atoms with Crippen molar-refractivity contribution in [3.05, 3.63) is 65.7 Å². The predicted molar refractivity (Wildman–Crippen MR) is 96.1 cm³/mol. The van der Waals surface area contributed by atoms with Gasteiger partial charge in [-0.05, 0) is 43.3 Å². The van der Waals surface area contributed by atoms with Gasteiger partial charge in [-0.25, -0.2) is 0 Å². The zero-order valence-corrected chi connectivity index (χ0v) is 14.8. The molecule has 1 aromatic heterocycles. The van der Waals surface area contributed by atoms with Crippen LogP contribution in [0.3, 0.4) is 0 Å².